The Morgan fingerprint density at radius 2 is 1.52 bits per heavy atom. The van der Waals surface area contributed by atoms with Crippen LogP contribution in [-0.4, -0.2) is 23.9 Å². The second kappa shape index (κ2) is 6.19. The van der Waals surface area contributed by atoms with Crippen LogP contribution in [0.2, 0.25) is 0 Å². The molecule has 2 aromatic rings. The molecule has 0 atom stereocenters. The van der Waals surface area contributed by atoms with Crippen molar-refractivity contribution in [3.8, 4) is 5.75 Å². The fourth-order valence-electron chi connectivity index (χ4n) is 1.94. The minimum absolute atomic E-state index is 0.0753. The predicted molar refractivity (Wildman–Crippen MR) is 86.4 cm³/mol. The van der Waals surface area contributed by atoms with Crippen molar-refractivity contribution in [1.82, 2.24) is 0 Å². The lowest BCUT2D eigenvalue weighted by Gasteiger charge is -2.11. The van der Waals surface area contributed by atoms with Gasteiger partial charge in [0.05, 0.1) is 16.9 Å². The minimum Gasteiger partial charge on any atom is -0.496 e. The number of ether oxygens (including phenoxy) is 1. The summed E-state index contributed by atoms with van der Waals surface area (Å²) >= 11 is 0. The van der Waals surface area contributed by atoms with Gasteiger partial charge in [-0.2, -0.15) is 0 Å². The van der Waals surface area contributed by atoms with Gasteiger partial charge in [-0.15, -0.1) is 0 Å². The summed E-state index contributed by atoms with van der Waals surface area (Å²) in [6.07, 6.45) is 0. The van der Waals surface area contributed by atoms with Crippen LogP contribution < -0.4 is 14.6 Å². The molecule has 0 spiro atoms. The molecule has 0 radical (unpaired) electrons. The zero-order valence-corrected chi connectivity index (χ0v) is 14.1. The molecule has 0 saturated carbocycles. The number of aryl methyl sites for hydroxylation is 1. The average Bonchev–Trinajstić information content (AvgIpc) is 2.46. The summed E-state index contributed by atoms with van der Waals surface area (Å²) in [5.74, 6) is 0.585. The molecule has 2 aromatic carbocycles. The summed E-state index contributed by atoms with van der Waals surface area (Å²) in [7, 11) is -6.11. The Hall–Kier alpha value is -2.10. The molecule has 0 aliphatic heterocycles. The van der Waals surface area contributed by atoms with Crippen LogP contribution in [0, 0.1) is 6.92 Å². The monoisotopic (exact) mass is 356 g/mol. The smallest absolute Gasteiger partial charge is 0.261 e. The number of hydrogen-bond donors (Lipinski definition) is 2. The zero-order chi connectivity index (χ0) is 17.3. The summed E-state index contributed by atoms with van der Waals surface area (Å²) in [6.45, 7) is 1.73. The van der Waals surface area contributed by atoms with Gasteiger partial charge in [-0.05, 0) is 55.0 Å². The van der Waals surface area contributed by atoms with Gasteiger partial charge in [-0.3, -0.25) is 4.72 Å². The van der Waals surface area contributed by atoms with Crippen molar-refractivity contribution in [2.45, 2.75) is 16.7 Å². The molecular weight excluding hydrogens is 340 g/mol. The van der Waals surface area contributed by atoms with Gasteiger partial charge in [0, 0.05) is 5.69 Å². The molecule has 0 bridgehead atoms. The molecule has 3 N–H and O–H groups in total. The van der Waals surface area contributed by atoms with E-state index in [-0.39, 0.29) is 15.5 Å². The van der Waals surface area contributed by atoms with E-state index in [0.29, 0.717) is 11.3 Å². The Kier molecular flexibility index (Phi) is 4.64. The Balaban J connectivity index is 2.29. The van der Waals surface area contributed by atoms with Gasteiger partial charge < -0.3 is 4.74 Å². The second-order valence-electron chi connectivity index (χ2n) is 4.81. The molecule has 0 amide bonds. The summed E-state index contributed by atoms with van der Waals surface area (Å²) in [4.78, 5) is -0.0212. The highest BCUT2D eigenvalue weighted by Crippen LogP contribution is 2.23. The third-order valence-electron chi connectivity index (χ3n) is 3.11. The first-order valence-corrected chi connectivity index (χ1v) is 9.47. The number of methoxy groups -OCH3 is 1. The molecule has 0 aliphatic rings. The predicted octanol–water partition coefficient (Wildman–Crippen LogP) is 1.45. The zero-order valence-electron chi connectivity index (χ0n) is 12.5. The molecule has 0 fully saturated rings. The fraction of sp³-hybridized carbons (Fsp3) is 0.143. The first kappa shape index (κ1) is 17.3. The van der Waals surface area contributed by atoms with Crippen molar-refractivity contribution in [3.63, 3.8) is 0 Å². The summed E-state index contributed by atoms with van der Waals surface area (Å²) < 4.78 is 54.5. The number of nitrogens with two attached hydrogens (primary N) is 1. The third kappa shape index (κ3) is 4.01. The highest BCUT2D eigenvalue weighted by Gasteiger charge is 2.16. The van der Waals surface area contributed by atoms with E-state index in [4.69, 9.17) is 9.88 Å². The number of benzene rings is 2. The molecule has 0 unspecified atom stereocenters. The van der Waals surface area contributed by atoms with E-state index in [1.807, 2.05) is 0 Å². The minimum atomic E-state index is -3.82. The van der Waals surface area contributed by atoms with Gasteiger partial charge in [0.1, 0.15) is 5.75 Å². The molecule has 23 heavy (non-hydrogen) atoms. The lowest BCUT2D eigenvalue weighted by molar-refractivity contribution is 0.411. The van der Waals surface area contributed by atoms with Crippen molar-refractivity contribution in [2.75, 3.05) is 11.8 Å². The quantitative estimate of drug-likeness (QED) is 0.841. The number of sulfonamides is 2. The molecule has 0 aliphatic carbocycles. The van der Waals surface area contributed by atoms with Crippen LogP contribution >= 0.6 is 0 Å². The number of rotatable bonds is 5. The summed E-state index contributed by atoms with van der Waals surface area (Å²) in [5, 5.41) is 4.99. The van der Waals surface area contributed by atoms with Gasteiger partial charge in [-0.1, -0.05) is 0 Å². The molecule has 0 saturated heterocycles. The fourth-order valence-corrected chi connectivity index (χ4v) is 3.60. The number of anilines is 1. The first-order valence-electron chi connectivity index (χ1n) is 6.44. The van der Waals surface area contributed by atoms with E-state index in [1.54, 1.807) is 13.0 Å². The van der Waals surface area contributed by atoms with Gasteiger partial charge in [0.2, 0.25) is 10.0 Å². The van der Waals surface area contributed by atoms with Crippen LogP contribution in [0.25, 0.3) is 0 Å². The number of nitrogens with one attached hydrogen (secondary N) is 1. The van der Waals surface area contributed by atoms with Crippen molar-refractivity contribution in [1.29, 1.82) is 0 Å². The molecule has 9 heteroatoms. The Bertz CT molecular complexity index is 920. The topological polar surface area (TPSA) is 116 Å². The Morgan fingerprint density at radius 1 is 0.957 bits per heavy atom. The van der Waals surface area contributed by atoms with E-state index in [1.165, 1.54) is 43.5 Å². The molecule has 2 rings (SSSR count). The van der Waals surface area contributed by atoms with Crippen molar-refractivity contribution in [2.24, 2.45) is 5.14 Å². The van der Waals surface area contributed by atoms with Crippen molar-refractivity contribution in [3.05, 3.63) is 48.0 Å². The Labute approximate surface area is 135 Å². The van der Waals surface area contributed by atoms with Crippen LogP contribution in [0.1, 0.15) is 5.56 Å². The van der Waals surface area contributed by atoms with Crippen LogP contribution in [0.15, 0.2) is 52.3 Å². The average molecular weight is 356 g/mol. The Morgan fingerprint density at radius 3 is 2.00 bits per heavy atom. The highest BCUT2D eigenvalue weighted by molar-refractivity contribution is 7.92. The maximum absolute atomic E-state index is 12.3. The van der Waals surface area contributed by atoms with E-state index >= 15 is 0 Å². The van der Waals surface area contributed by atoms with Gasteiger partial charge >= 0.3 is 0 Å². The van der Waals surface area contributed by atoms with Gasteiger partial charge in [0.15, 0.2) is 0 Å². The molecule has 0 heterocycles. The highest BCUT2D eigenvalue weighted by atomic mass is 32.2. The molecule has 124 valence electrons. The van der Waals surface area contributed by atoms with Crippen molar-refractivity contribution >= 4 is 25.7 Å². The van der Waals surface area contributed by atoms with Gasteiger partial charge in [0.25, 0.3) is 10.0 Å². The largest absolute Gasteiger partial charge is 0.496 e. The standard InChI is InChI=1S/C14H16N2O5S2/c1-10-9-13(7-8-14(10)21-2)23(19,20)16-11-3-5-12(6-4-11)22(15,17)18/h3-9,16H,1-2H3,(H2,15,17,18). The maximum atomic E-state index is 12.3. The molecular formula is C14H16N2O5S2. The van der Waals surface area contributed by atoms with E-state index in [2.05, 4.69) is 4.72 Å². The van der Waals surface area contributed by atoms with E-state index in [0.717, 1.165) is 0 Å². The lowest BCUT2D eigenvalue weighted by Crippen LogP contribution is -2.14. The van der Waals surface area contributed by atoms with Crippen LogP contribution in [0.5, 0.6) is 5.75 Å². The lowest BCUT2D eigenvalue weighted by atomic mass is 10.2. The molecule has 7 nitrogen and oxygen atoms in total. The van der Waals surface area contributed by atoms with E-state index in [9.17, 15) is 16.8 Å². The summed E-state index contributed by atoms with van der Waals surface area (Å²) in [5.41, 5.74) is 0.908. The number of primary sulfonamides is 1. The summed E-state index contributed by atoms with van der Waals surface area (Å²) in [6, 6.07) is 9.58. The normalized spacial score (nSPS) is 12.0. The third-order valence-corrected chi connectivity index (χ3v) is 5.42. The first-order chi connectivity index (χ1) is 10.6. The number of hydrogen-bond acceptors (Lipinski definition) is 5. The maximum Gasteiger partial charge on any atom is 0.261 e. The van der Waals surface area contributed by atoms with Crippen molar-refractivity contribution < 1.29 is 21.6 Å². The van der Waals surface area contributed by atoms with E-state index < -0.39 is 20.0 Å². The van der Waals surface area contributed by atoms with Gasteiger partial charge in [-0.25, -0.2) is 22.0 Å². The van der Waals surface area contributed by atoms with Crippen LogP contribution in [-0.2, 0) is 20.0 Å². The van der Waals surface area contributed by atoms with Crippen LogP contribution in [0.3, 0.4) is 0 Å². The molecule has 0 aromatic heterocycles. The van der Waals surface area contributed by atoms with Crippen LogP contribution in [0.4, 0.5) is 5.69 Å². The second-order valence-corrected chi connectivity index (χ2v) is 8.05. The SMILES string of the molecule is COc1ccc(S(=O)(=O)Nc2ccc(S(N)(=O)=O)cc2)cc1C.